The summed E-state index contributed by atoms with van der Waals surface area (Å²) in [6.07, 6.45) is 0. The fourth-order valence-electron chi connectivity index (χ4n) is 1.78. The number of benzene rings is 1. The zero-order valence-corrected chi connectivity index (χ0v) is 12.0. The van der Waals surface area contributed by atoms with Crippen LogP contribution in [0.15, 0.2) is 29.1 Å². The normalized spacial score (nSPS) is 10.4. The Hall–Kier alpha value is -1.00. The summed E-state index contributed by atoms with van der Waals surface area (Å²) in [6, 6.07) is 7.31. The van der Waals surface area contributed by atoms with Gasteiger partial charge in [-0.3, -0.25) is 9.89 Å². The van der Waals surface area contributed by atoms with E-state index >= 15 is 0 Å². The fourth-order valence-corrected chi connectivity index (χ4v) is 1.78. The number of nitrogens with zero attached hydrogens (tertiary/aromatic N) is 4. The monoisotopic (exact) mass is 299 g/mol. The van der Waals surface area contributed by atoms with Crippen LogP contribution >= 0.6 is 0 Å². The second-order valence-electron chi connectivity index (χ2n) is 3.42. The average Bonchev–Trinajstić information content (AvgIpc) is 2.72. The number of hydrogen-bond donors (Lipinski definition) is 0. The van der Waals surface area contributed by atoms with Crippen molar-refractivity contribution in [1.29, 1.82) is 0 Å². The summed E-state index contributed by atoms with van der Waals surface area (Å²) >= 11 is 0. The summed E-state index contributed by atoms with van der Waals surface area (Å²) in [4.78, 5) is 15.6. The summed E-state index contributed by atoms with van der Waals surface area (Å²) in [6.45, 7) is 1.87. The second kappa shape index (κ2) is 4.70. The maximum Gasteiger partial charge on any atom is 0.211 e. The van der Waals surface area contributed by atoms with Crippen LogP contribution < -0.4 is 16.3 Å². The molecule has 0 spiro atoms. The average molecular weight is 299 g/mol. The van der Waals surface area contributed by atoms with Crippen LogP contribution in [0.25, 0.3) is 16.7 Å². The van der Waals surface area contributed by atoms with Crippen LogP contribution in [-0.4, -0.2) is 21.9 Å². The molecule has 3 rings (SSSR count). The molecular weight excluding hydrogens is 292 g/mol. The van der Waals surface area contributed by atoms with Crippen molar-refractivity contribution >= 4 is 29.7 Å². The molecule has 2 heterocycles. The van der Waals surface area contributed by atoms with E-state index in [1.807, 2.05) is 32.3 Å². The third kappa shape index (κ3) is 1.85. The predicted octanol–water partition coefficient (Wildman–Crippen LogP) is -0.425. The zero-order chi connectivity index (χ0) is 11.1. The minimum Gasteiger partial charge on any atom is -0.362 e. The van der Waals surface area contributed by atoms with Gasteiger partial charge in [0.15, 0.2) is 7.28 Å². The molecule has 5 nitrogen and oxygen atoms in total. The molecular formula is C10H7BN4OY-. The first-order valence-corrected chi connectivity index (χ1v) is 4.91. The van der Waals surface area contributed by atoms with E-state index in [1.54, 1.807) is 10.5 Å². The van der Waals surface area contributed by atoms with Crippen molar-refractivity contribution < 1.29 is 32.7 Å². The Morgan fingerprint density at radius 1 is 1.29 bits per heavy atom. The van der Waals surface area contributed by atoms with Gasteiger partial charge in [-0.1, -0.05) is 31.1 Å². The van der Waals surface area contributed by atoms with Crippen molar-refractivity contribution in [3.05, 3.63) is 34.6 Å². The van der Waals surface area contributed by atoms with E-state index in [9.17, 15) is 4.79 Å². The van der Waals surface area contributed by atoms with Gasteiger partial charge in [-0.2, -0.15) is 0 Å². The molecule has 1 aromatic carbocycles. The molecule has 3 aromatic rings. The maximum atomic E-state index is 11.7. The van der Waals surface area contributed by atoms with E-state index in [4.69, 9.17) is 0 Å². The molecule has 17 heavy (non-hydrogen) atoms. The molecule has 0 aliphatic heterocycles. The first-order chi connectivity index (χ1) is 7.81. The molecule has 7 heteroatoms. The van der Waals surface area contributed by atoms with Crippen molar-refractivity contribution in [1.82, 2.24) is 19.6 Å². The van der Waals surface area contributed by atoms with Crippen molar-refractivity contribution in [2.45, 2.75) is 6.82 Å². The summed E-state index contributed by atoms with van der Waals surface area (Å²) in [5.41, 5.74) is 1.22. The Labute approximate surface area is 123 Å². The van der Waals surface area contributed by atoms with Crippen LogP contribution in [0.5, 0.6) is 0 Å². The number of hydrogen-bond acceptors (Lipinski definition) is 3. The van der Waals surface area contributed by atoms with Crippen LogP contribution in [0.2, 0.25) is 6.82 Å². The Balaban J connectivity index is 0.00000108. The summed E-state index contributed by atoms with van der Waals surface area (Å²) < 4.78 is 1.77. The molecule has 2 aromatic heterocycles. The molecule has 0 saturated carbocycles. The fraction of sp³-hybridized carbons (Fsp3) is 0.100. The Bertz CT molecular complexity index is 736. The Kier molecular flexibility index (Phi) is 3.45. The number of rotatable bonds is 1. The van der Waals surface area contributed by atoms with Gasteiger partial charge < -0.3 is 9.38 Å². The van der Waals surface area contributed by atoms with Crippen LogP contribution in [0.3, 0.4) is 0 Å². The second-order valence-corrected chi connectivity index (χ2v) is 3.42. The summed E-state index contributed by atoms with van der Waals surface area (Å²) in [5, 5.41) is 8.41. The first kappa shape index (κ1) is 12.5. The van der Waals surface area contributed by atoms with Gasteiger partial charge in [-0.05, 0) is 0 Å². The molecule has 0 amide bonds. The van der Waals surface area contributed by atoms with Gasteiger partial charge in [0.1, 0.15) is 0 Å². The molecule has 0 saturated heterocycles. The standard InChI is InChI=1S/C10H8BN4O.Y/c1-11-9-13-14-10-12-8(16)6-4-2-3-5-7(6)15(9)10;/h2-5H,1H3,(H,12,14,16);/p-1. The summed E-state index contributed by atoms with van der Waals surface area (Å²) in [7, 11) is 1.83. The SMILES string of the molecule is C[B]c1nnc2[n-]c(=O)c3ccccc3n12.[Y]. The molecule has 0 aliphatic rings. The Morgan fingerprint density at radius 2 is 2.06 bits per heavy atom. The van der Waals surface area contributed by atoms with Crippen LogP contribution in [-0.2, 0) is 32.7 Å². The van der Waals surface area contributed by atoms with Crippen molar-refractivity contribution in [3.63, 3.8) is 0 Å². The number of fused-ring (bicyclic) bond motifs is 3. The minimum absolute atomic E-state index is 0. The molecule has 0 aliphatic carbocycles. The molecule has 0 unspecified atom stereocenters. The third-order valence-electron chi connectivity index (χ3n) is 2.51. The molecule has 0 bridgehead atoms. The van der Waals surface area contributed by atoms with Gasteiger partial charge in [0.2, 0.25) is 5.56 Å². The quantitative estimate of drug-likeness (QED) is 0.572. The van der Waals surface area contributed by atoms with E-state index in [0.29, 0.717) is 16.9 Å². The van der Waals surface area contributed by atoms with Crippen molar-refractivity contribution in [2.75, 3.05) is 0 Å². The van der Waals surface area contributed by atoms with E-state index in [-0.39, 0.29) is 38.3 Å². The van der Waals surface area contributed by atoms with Gasteiger partial charge in [0, 0.05) is 55.1 Å². The largest absolute Gasteiger partial charge is 0.362 e. The molecule has 2 radical (unpaired) electrons. The van der Waals surface area contributed by atoms with Gasteiger partial charge >= 0.3 is 0 Å². The third-order valence-corrected chi connectivity index (χ3v) is 2.51. The number of aromatic nitrogens is 4. The number of para-hydroxylation sites is 1. The molecule has 0 atom stereocenters. The Morgan fingerprint density at radius 3 is 2.82 bits per heavy atom. The molecule has 80 valence electrons. The molecule has 0 N–H and O–H groups in total. The van der Waals surface area contributed by atoms with Gasteiger partial charge in [0.25, 0.3) is 0 Å². The topological polar surface area (TPSA) is 61.4 Å². The van der Waals surface area contributed by atoms with Gasteiger partial charge in [-0.25, -0.2) is 5.10 Å². The van der Waals surface area contributed by atoms with E-state index in [0.717, 1.165) is 5.52 Å². The van der Waals surface area contributed by atoms with E-state index in [2.05, 4.69) is 15.2 Å². The van der Waals surface area contributed by atoms with Crippen LogP contribution in [0.4, 0.5) is 0 Å². The van der Waals surface area contributed by atoms with Gasteiger partial charge in [0.05, 0.1) is 0 Å². The minimum atomic E-state index is -0.266. The van der Waals surface area contributed by atoms with Crippen LogP contribution in [0, 0.1) is 0 Å². The predicted molar refractivity (Wildman–Crippen MR) is 61.3 cm³/mol. The smallest absolute Gasteiger partial charge is 0.211 e. The van der Waals surface area contributed by atoms with Gasteiger partial charge in [-0.15, -0.1) is 0 Å². The van der Waals surface area contributed by atoms with E-state index < -0.39 is 0 Å². The van der Waals surface area contributed by atoms with Crippen molar-refractivity contribution in [2.24, 2.45) is 0 Å². The first-order valence-electron chi connectivity index (χ1n) is 4.91. The van der Waals surface area contributed by atoms with Crippen molar-refractivity contribution in [3.8, 4) is 0 Å². The zero-order valence-electron chi connectivity index (χ0n) is 9.16. The summed E-state index contributed by atoms with van der Waals surface area (Å²) in [5.74, 6) is 0.344. The maximum absolute atomic E-state index is 11.7. The van der Waals surface area contributed by atoms with Crippen LogP contribution in [0.1, 0.15) is 0 Å². The molecule has 0 fully saturated rings. The van der Waals surface area contributed by atoms with E-state index in [1.165, 1.54) is 0 Å².